The van der Waals surface area contributed by atoms with E-state index in [2.05, 4.69) is 269 Å². The molecular weight excluding hydrogens is 934 g/mol. The molecule has 388 valence electrons. The van der Waals surface area contributed by atoms with Crippen molar-refractivity contribution < 1.29 is 4.42 Å². The third kappa shape index (κ3) is 7.83. The standard InChI is InChI=1S/C72H76BN3O/c1-67(2,3)47-25-29-50(30-26-47)75-60-33-27-48(68(4,5)6)39-59(60)73-64-61(75)41-53(74(49-22-16-15-17-23-49)51-28-24-45-20-18-19-21-46(45)38-51)42-62(64)76(52-31-32-55-56(40-52)70(9,10)35-34-69(55,7)8)65-54-43-57-58(44-63(54)77-66(65)73)72(13,14)37-36-71(57,11)12/h15-33,38-44H,34-37H2,1-14H3. The van der Waals surface area contributed by atoms with Crippen LogP contribution in [0.4, 0.5) is 51.2 Å². The molecule has 4 nitrogen and oxygen atoms in total. The molecule has 4 aliphatic rings. The molecule has 2 aliphatic heterocycles. The Bertz CT molecular complexity index is 3860. The van der Waals surface area contributed by atoms with Crippen molar-refractivity contribution in [3.05, 3.63) is 191 Å². The lowest BCUT2D eigenvalue weighted by Gasteiger charge is -2.45. The molecule has 0 saturated carbocycles. The number of benzene rings is 8. The highest BCUT2D eigenvalue weighted by molar-refractivity contribution is 7.00. The number of hydrogen-bond donors (Lipinski definition) is 0. The van der Waals surface area contributed by atoms with Crippen molar-refractivity contribution in [2.24, 2.45) is 0 Å². The average molecular weight is 1010 g/mol. The number of rotatable bonds is 5. The van der Waals surface area contributed by atoms with Gasteiger partial charge in [0.1, 0.15) is 5.58 Å². The number of nitrogens with zero attached hydrogens (tertiary/aromatic N) is 3. The minimum Gasteiger partial charge on any atom is -0.468 e. The van der Waals surface area contributed by atoms with Crippen LogP contribution < -0.4 is 31.3 Å². The van der Waals surface area contributed by atoms with Gasteiger partial charge in [-0.25, -0.2) is 0 Å². The fourth-order valence-corrected chi connectivity index (χ4v) is 13.8. The van der Waals surface area contributed by atoms with E-state index in [4.69, 9.17) is 4.42 Å². The first-order valence-electron chi connectivity index (χ1n) is 28.5. The quantitative estimate of drug-likeness (QED) is 0.160. The zero-order valence-electron chi connectivity index (χ0n) is 48.2. The molecule has 2 aliphatic carbocycles. The Balaban J connectivity index is 1.19. The van der Waals surface area contributed by atoms with Crippen molar-refractivity contribution in [2.75, 3.05) is 14.7 Å². The lowest BCUT2D eigenvalue weighted by Crippen LogP contribution is -2.61. The normalized spacial score (nSPS) is 17.6. The van der Waals surface area contributed by atoms with Gasteiger partial charge in [-0.15, -0.1) is 0 Å². The fourth-order valence-electron chi connectivity index (χ4n) is 13.8. The molecule has 9 aromatic rings. The van der Waals surface area contributed by atoms with Gasteiger partial charge in [-0.3, -0.25) is 0 Å². The van der Waals surface area contributed by atoms with Crippen LogP contribution in [-0.4, -0.2) is 6.71 Å². The van der Waals surface area contributed by atoms with Crippen LogP contribution in [-0.2, 0) is 32.5 Å². The van der Waals surface area contributed by atoms with Crippen LogP contribution in [0.3, 0.4) is 0 Å². The van der Waals surface area contributed by atoms with E-state index in [1.54, 1.807) is 0 Å². The first-order valence-corrected chi connectivity index (χ1v) is 28.5. The summed E-state index contributed by atoms with van der Waals surface area (Å²) in [6, 6.07) is 60.9. The molecule has 13 rings (SSSR count). The van der Waals surface area contributed by atoms with Gasteiger partial charge in [-0.2, -0.15) is 0 Å². The second-order valence-corrected chi connectivity index (χ2v) is 28.0. The van der Waals surface area contributed by atoms with Crippen molar-refractivity contribution in [3.63, 3.8) is 0 Å². The molecule has 0 spiro atoms. The summed E-state index contributed by atoms with van der Waals surface area (Å²) in [5.74, 6) is 0. The maximum Gasteiger partial charge on any atom is 0.297 e. The summed E-state index contributed by atoms with van der Waals surface area (Å²) < 4.78 is 7.77. The number of para-hydroxylation sites is 1. The summed E-state index contributed by atoms with van der Waals surface area (Å²) in [6.07, 6.45) is 4.56. The molecule has 0 radical (unpaired) electrons. The highest BCUT2D eigenvalue weighted by atomic mass is 16.3. The molecule has 77 heavy (non-hydrogen) atoms. The largest absolute Gasteiger partial charge is 0.468 e. The van der Waals surface area contributed by atoms with Crippen LogP contribution in [0.15, 0.2) is 162 Å². The molecule has 0 N–H and O–H groups in total. The number of fused-ring (bicyclic) bond motifs is 9. The fraction of sp³-hybridized carbons (Fsp3) is 0.333. The van der Waals surface area contributed by atoms with Crippen molar-refractivity contribution in [3.8, 4) is 0 Å². The van der Waals surface area contributed by atoms with E-state index in [1.165, 1.54) is 77.5 Å². The Morgan fingerprint density at radius 3 is 1.65 bits per heavy atom. The van der Waals surface area contributed by atoms with Gasteiger partial charge in [0, 0.05) is 45.2 Å². The zero-order chi connectivity index (χ0) is 53.9. The summed E-state index contributed by atoms with van der Waals surface area (Å²) in [6.45, 7) is 33.3. The molecule has 3 heterocycles. The third-order valence-corrected chi connectivity index (χ3v) is 18.8. The van der Waals surface area contributed by atoms with E-state index in [9.17, 15) is 0 Å². The van der Waals surface area contributed by atoms with Crippen molar-refractivity contribution in [1.29, 1.82) is 0 Å². The second kappa shape index (κ2) is 16.8. The van der Waals surface area contributed by atoms with Crippen LogP contribution in [0.5, 0.6) is 0 Å². The van der Waals surface area contributed by atoms with Crippen LogP contribution in [0.2, 0.25) is 0 Å². The van der Waals surface area contributed by atoms with Gasteiger partial charge in [0.15, 0.2) is 0 Å². The maximum atomic E-state index is 7.77. The predicted molar refractivity (Wildman–Crippen MR) is 330 cm³/mol. The third-order valence-electron chi connectivity index (χ3n) is 18.8. The monoisotopic (exact) mass is 1010 g/mol. The lowest BCUT2D eigenvalue weighted by atomic mass is 9.35. The van der Waals surface area contributed by atoms with E-state index >= 15 is 0 Å². The Hall–Kier alpha value is -6.98. The van der Waals surface area contributed by atoms with Crippen molar-refractivity contribution in [1.82, 2.24) is 0 Å². The van der Waals surface area contributed by atoms with Gasteiger partial charge < -0.3 is 19.1 Å². The zero-order valence-corrected chi connectivity index (χ0v) is 48.2. The average Bonchev–Trinajstić information content (AvgIpc) is 3.98. The molecule has 0 unspecified atom stereocenters. The highest BCUT2D eigenvalue weighted by Gasteiger charge is 2.49. The Labute approximate surface area is 459 Å². The summed E-state index contributed by atoms with van der Waals surface area (Å²) in [4.78, 5) is 7.71. The minimum absolute atomic E-state index is 0.000491. The molecular formula is C72H76BN3O. The molecule has 1 aromatic heterocycles. The maximum absolute atomic E-state index is 7.77. The van der Waals surface area contributed by atoms with Crippen LogP contribution in [0.25, 0.3) is 21.7 Å². The van der Waals surface area contributed by atoms with Crippen LogP contribution in [0.1, 0.15) is 156 Å². The molecule has 0 atom stereocenters. The number of anilines is 9. The minimum atomic E-state index is -0.202. The van der Waals surface area contributed by atoms with E-state index in [1.807, 2.05) is 0 Å². The van der Waals surface area contributed by atoms with Gasteiger partial charge >= 0.3 is 0 Å². The first-order chi connectivity index (χ1) is 36.4. The molecule has 0 saturated heterocycles. The smallest absolute Gasteiger partial charge is 0.297 e. The van der Waals surface area contributed by atoms with E-state index < -0.39 is 0 Å². The highest BCUT2D eigenvalue weighted by Crippen LogP contribution is 2.55. The summed E-state index contributed by atoms with van der Waals surface area (Å²) in [5, 5.41) is 3.61. The molecule has 0 bridgehead atoms. The van der Waals surface area contributed by atoms with Crippen molar-refractivity contribution in [2.45, 2.75) is 155 Å². The predicted octanol–water partition coefficient (Wildman–Crippen LogP) is 18.4. The van der Waals surface area contributed by atoms with E-state index in [-0.39, 0.29) is 39.2 Å². The SMILES string of the molecule is CC(C)(C)c1ccc(N2c3ccc(C(C)(C)C)cc3B3c4oc5cc6c(cc5c4N(c4ccc5c(c4)C(C)(C)CCC5(C)C)c4cc(N(c5ccccc5)c5ccc7ccccc7c5)cc2c43)C(C)(C)CCC6(C)C)cc1. The first kappa shape index (κ1) is 49.6. The van der Waals surface area contributed by atoms with Gasteiger partial charge in [0.25, 0.3) is 6.71 Å². The number of furan rings is 1. The van der Waals surface area contributed by atoms with Gasteiger partial charge in [0.2, 0.25) is 0 Å². The molecule has 0 amide bonds. The summed E-state index contributed by atoms with van der Waals surface area (Å²) in [5.41, 5.74) is 23.1. The van der Waals surface area contributed by atoms with E-state index in [0.717, 1.165) is 71.1 Å². The van der Waals surface area contributed by atoms with Gasteiger partial charge in [-0.1, -0.05) is 176 Å². The Kier molecular flexibility index (Phi) is 10.8. The van der Waals surface area contributed by atoms with Gasteiger partial charge in [-0.05, 0) is 192 Å². The number of hydrogen-bond acceptors (Lipinski definition) is 4. The summed E-state index contributed by atoms with van der Waals surface area (Å²) in [7, 11) is 0. The molecule has 0 fully saturated rings. The molecule has 5 heteroatoms. The van der Waals surface area contributed by atoms with Crippen LogP contribution >= 0.6 is 0 Å². The topological polar surface area (TPSA) is 22.9 Å². The Morgan fingerprint density at radius 1 is 0.442 bits per heavy atom. The lowest BCUT2D eigenvalue weighted by molar-refractivity contribution is 0.332. The summed E-state index contributed by atoms with van der Waals surface area (Å²) >= 11 is 0. The van der Waals surface area contributed by atoms with Crippen molar-refractivity contribution >= 4 is 96.2 Å². The van der Waals surface area contributed by atoms with E-state index in [0.29, 0.717) is 0 Å². The second-order valence-electron chi connectivity index (χ2n) is 28.0. The van der Waals surface area contributed by atoms with Crippen LogP contribution in [0, 0.1) is 0 Å². The van der Waals surface area contributed by atoms with Gasteiger partial charge in [0.05, 0.1) is 17.0 Å². The Morgan fingerprint density at radius 2 is 1.00 bits per heavy atom. The molecule has 8 aromatic carbocycles.